The Morgan fingerprint density at radius 3 is 2.27 bits per heavy atom. The molecule has 0 radical (unpaired) electrons. The van der Waals surface area contributed by atoms with Gasteiger partial charge in [-0.2, -0.15) is 0 Å². The minimum atomic E-state index is -0.185. The number of hydrogen-bond acceptors (Lipinski definition) is 3. The summed E-state index contributed by atoms with van der Waals surface area (Å²) in [7, 11) is 0. The Balaban J connectivity index is 1.86. The fraction of sp³-hybridized carbons (Fsp3) is 0.333. The molecule has 4 nitrogen and oxygen atoms in total. The lowest BCUT2D eigenvalue weighted by Gasteiger charge is -2.18. The van der Waals surface area contributed by atoms with Crippen LogP contribution in [0.15, 0.2) is 59.5 Å². The number of thioether (sulfide) groups is 1. The van der Waals surface area contributed by atoms with Gasteiger partial charge in [0.15, 0.2) is 0 Å². The first kappa shape index (κ1) is 20.0. The largest absolute Gasteiger partial charge is 0.355 e. The van der Waals surface area contributed by atoms with Crippen LogP contribution in [0.3, 0.4) is 0 Å². The average Bonchev–Trinajstić information content (AvgIpc) is 2.64. The second-order valence-corrected chi connectivity index (χ2v) is 7.64. The van der Waals surface area contributed by atoms with Gasteiger partial charge in [-0.25, -0.2) is 0 Å². The molecule has 5 heteroatoms. The lowest BCUT2D eigenvalue weighted by atomic mass is 9.96. The Labute approximate surface area is 159 Å². The van der Waals surface area contributed by atoms with Gasteiger partial charge in [-0.15, -0.1) is 11.8 Å². The van der Waals surface area contributed by atoms with Crippen LogP contribution in [0.5, 0.6) is 0 Å². The van der Waals surface area contributed by atoms with Gasteiger partial charge in [-0.1, -0.05) is 37.3 Å². The van der Waals surface area contributed by atoms with Crippen LogP contribution >= 0.6 is 11.8 Å². The molecule has 0 aliphatic heterocycles. The second-order valence-electron chi connectivity index (χ2n) is 6.23. The summed E-state index contributed by atoms with van der Waals surface area (Å²) in [6.45, 7) is 6.17. The van der Waals surface area contributed by atoms with E-state index in [1.807, 2.05) is 49.4 Å². The van der Waals surface area contributed by atoms with Crippen LogP contribution in [0.2, 0.25) is 0 Å². The van der Waals surface area contributed by atoms with Crippen molar-refractivity contribution in [1.82, 2.24) is 5.32 Å². The molecule has 2 rings (SSSR count). The molecule has 0 aromatic heterocycles. The molecule has 2 N–H and O–H groups in total. The van der Waals surface area contributed by atoms with Gasteiger partial charge >= 0.3 is 0 Å². The topological polar surface area (TPSA) is 58.2 Å². The first-order valence-corrected chi connectivity index (χ1v) is 9.74. The molecule has 2 amide bonds. The van der Waals surface area contributed by atoms with Crippen LogP contribution in [0.25, 0.3) is 0 Å². The van der Waals surface area contributed by atoms with Crippen LogP contribution in [0.1, 0.15) is 38.7 Å². The van der Waals surface area contributed by atoms with Gasteiger partial charge in [-0.05, 0) is 43.2 Å². The summed E-state index contributed by atoms with van der Waals surface area (Å²) in [5.74, 6) is 0.270. The molecule has 2 aromatic rings. The van der Waals surface area contributed by atoms with Crippen molar-refractivity contribution >= 4 is 29.3 Å². The van der Waals surface area contributed by atoms with E-state index in [4.69, 9.17) is 0 Å². The van der Waals surface area contributed by atoms with Crippen molar-refractivity contribution in [2.45, 2.75) is 43.3 Å². The van der Waals surface area contributed by atoms with E-state index in [1.54, 1.807) is 0 Å². The van der Waals surface area contributed by atoms with Crippen LogP contribution in [-0.2, 0) is 9.59 Å². The van der Waals surface area contributed by atoms with E-state index in [0.29, 0.717) is 12.5 Å². The van der Waals surface area contributed by atoms with Gasteiger partial charge in [0, 0.05) is 30.0 Å². The van der Waals surface area contributed by atoms with Crippen molar-refractivity contribution in [2.24, 2.45) is 0 Å². The molecule has 0 aliphatic carbocycles. The zero-order valence-electron chi connectivity index (χ0n) is 15.5. The molecule has 2 atom stereocenters. The monoisotopic (exact) mass is 370 g/mol. The maximum Gasteiger partial charge on any atom is 0.233 e. The summed E-state index contributed by atoms with van der Waals surface area (Å²) < 4.78 is 0. The zero-order valence-corrected chi connectivity index (χ0v) is 16.3. The van der Waals surface area contributed by atoms with E-state index < -0.39 is 0 Å². The number of rotatable bonds is 8. The van der Waals surface area contributed by atoms with Crippen LogP contribution in [-0.4, -0.2) is 23.6 Å². The molecule has 138 valence electrons. The van der Waals surface area contributed by atoms with E-state index in [0.717, 1.165) is 17.0 Å². The molecular formula is C21H26N2O2S. The van der Waals surface area contributed by atoms with Gasteiger partial charge in [0.05, 0.1) is 5.25 Å². The van der Waals surface area contributed by atoms with Crippen LogP contribution in [0, 0.1) is 0 Å². The van der Waals surface area contributed by atoms with Gasteiger partial charge in [0.2, 0.25) is 11.8 Å². The lowest BCUT2D eigenvalue weighted by molar-refractivity contribution is -0.120. The highest BCUT2D eigenvalue weighted by Crippen LogP contribution is 2.25. The van der Waals surface area contributed by atoms with Crippen molar-refractivity contribution in [3.8, 4) is 0 Å². The molecule has 0 saturated carbocycles. The Bertz CT molecular complexity index is 717. The Morgan fingerprint density at radius 2 is 1.69 bits per heavy atom. The number of carbonyl (C=O) groups is 2. The predicted octanol–water partition coefficient (Wildman–Crippen LogP) is 4.44. The second kappa shape index (κ2) is 10.0. The summed E-state index contributed by atoms with van der Waals surface area (Å²) in [5, 5.41) is 5.62. The quantitative estimate of drug-likeness (QED) is 0.676. The molecular weight excluding hydrogens is 344 g/mol. The van der Waals surface area contributed by atoms with E-state index in [-0.39, 0.29) is 17.1 Å². The molecule has 0 saturated heterocycles. The minimum Gasteiger partial charge on any atom is -0.355 e. The third-order valence-corrected chi connectivity index (χ3v) is 5.26. The number of nitrogens with one attached hydrogen (secondary N) is 2. The van der Waals surface area contributed by atoms with Gasteiger partial charge in [-0.3, -0.25) is 9.59 Å². The average molecular weight is 371 g/mol. The zero-order chi connectivity index (χ0) is 18.9. The maximum absolute atomic E-state index is 12.4. The fourth-order valence-electron chi connectivity index (χ4n) is 2.67. The smallest absolute Gasteiger partial charge is 0.233 e. The molecule has 0 aliphatic rings. The normalized spacial score (nSPS) is 12.9. The van der Waals surface area contributed by atoms with Crippen molar-refractivity contribution < 1.29 is 9.59 Å². The third-order valence-electron chi connectivity index (χ3n) is 4.14. The number of anilines is 1. The number of hydrogen-bond donors (Lipinski definition) is 2. The van der Waals surface area contributed by atoms with E-state index in [9.17, 15) is 9.59 Å². The summed E-state index contributed by atoms with van der Waals surface area (Å²) in [4.78, 5) is 24.5. The highest BCUT2D eigenvalue weighted by atomic mass is 32.2. The first-order chi connectivity index (χ1) is 12.5. The SMILES string of the molecule is CC[C@H](CNC(=O)[C@@H](C)Sc1ccc(NC(C)=O)cc1)c1ccccc1. The highest BCUT2D eigenvalue weighted by Gasteiger charge is 2.16. The molecule has 0 unspecified atom stereocenters. The molecule has 0 heterocycles. The van der Waals surface area contributed by atoms with Gasteiger partial charge in [0.1, 0.15) is 0 Å². The number of amides is 2. The van der Waals surface area contributed by atoms with E-state index >= 15 is 0 Å². The lowest BCUT2D eigenvalue weighted by Crippen LogP contribution is -2.34. The Kier molecular flexibility index (Phi) is 7.73. The van der Waals surface area contributed by atoms with Crippen molar-refractivity contribution in [3.63, 3.8) is 0 Å². The standard InChI is InChI=1S/C21H26N2O2S/c1-4-17(18-8-6-5-7-9-18)14-22-21(25)15(2)26-20-12-10-19(11-13-20)23-16(3)24/h5-13,15,17H,4,14H2,1-3H3,(H,22,25)(H,23,24)/t15-,17-/m1/s1. The molecule has 26 heavy (non-hydrogen) atoms. The highest BCUT2D eigenvalue weighted by molar-refractivity contribution is 8.00. The Hall–Kier alpha value is -2.27. The molecule has 0 spiro atoms. The summed E-state index contributed by atoms with van der Waals surface area (Å²) in [6.07, 6.45) is 0.983. The summed E-state index contributed by atoms with van der Waals surface area (Å²) in [5.41, 5.74) is 2.01. The van der Waals surface area contributed by atoms with Crippen molar-refractivity contribution in [3.05, 3.63) is 60.2 Å². The molecule has 0 fully saturated rings. The van der Waals surface area contributed by atoms with E-state index in [1.165, 1.54) is 24.2 Å². The van der Waals surface area contributed by atoms with Crippen LogP contribution < -0.4 is 10.6 Å². The third kappa shape index (κ3) is 6.23. The Morgan fingerprint density at radius 1 is 1.04 bits per heavy atom. The number of carbonyl (C=O) groups excluding carboxylic acids is 2. The molecule has 0 bridgehead atoms. The van der Waals surface area contributed by atoms with E-state index in [2.05, 4.69) is 29.7 Å². The summed E-state index contributed by atoms with van der Waals surface area (Å²) >= 11 is 1.51. The molecule has 2 aromatic carbocycles. The fourth-order valence-corrected chi connectivity index (χ4v) is 3.56. The predicted molar refractivity (Wildman–Crippen MR) is 109 cm³/mol. The van der Waals surface area contributed by atoms with Gasteiger partial charge in [0.25, 0.3) is 0 Å². The first-order valence-electron chi connectivity index (χ1n) is 8.86. The van der Waals surface area contributed by atoms with Crippen LogP contribution in [0.4, 0.5) is 5.69 Å². The minimum absolute atomic E-state index is 0.0373. The van der Waals surface area contributed by atoms with Crippen molar-refractivity contribution in [1.29, 1.82) is 0 Å². The van der Waals surface area contributed by atoms with Crippen molar-refractivity contribution in [2.75, 3.05) is 11.9 Å². The van der Waals surface area contributed by atoms with Gasteiger partial charge < -0.3 is 10.6 Å². The number of benzene rings is 2. The summed E-state index contributed by atoms with van der Waals surface area (Å²) in [6, 6.07) is 17.8. The maximum atomic E-state index is 12.4.